The number of anilines is 1. The largest absolute Gasteiger partial charge is 0.497 e. The number of hydrogen-bond acceptors (Lipinski definition) is 6. The number of H-pyrrole nitrogens is 2. The summed E-state index contributed by atoms with van der Waals surface area (Å²) in [5.74, 6) is 1.19. The van der Waals surface area contributed by atoms with Crippen LogP contribution in [0.25, 0.3) is 11.1 Å². The Kier molecular flexibility index (Phi) is 6.13. The lowest BCUT2D eigenvalue weighted by Crippen LogP contribution is -2.14. The average Bonchev–Trinajstić information content (AvgIpc) is 3.51. The predicted molar refractivity (Wildman–Crippen MR) is 114 cm³/mol. The predicted octanol–water partition coefficient (Wildman–Crippen LogP) is 4.14. The summed E-state index contributed by atoms with van der Waals surface area (Å²) in [5, 5.41) is 9.51. The first kappa shape index (κ1) is 20.0. The van der Waals surface area contributed by atoms with Crippen molar-refractivity contribution in [2.75, 3.05) is 12.4 Å². The molecule has 2 aromatic carbocycles. The first-order valence-electron chi connectivity index (χ1n) is 9.51. The molecule has 0 bridgehead atoms. The molecule has 9 nitrogen and oxygen atoms in total. The fraction of sp³-hybridized carbons (Fsp3) is 0.136. The molecular weight excluding hydrogens is 398 g/mol. The van der Waals surface area contributed by atoms with Crippen LogP contribution < -0.4 is 14.8 Å². The van der Waals surface area contributed by atoms with Gasteiger partial charge in [-0.1, -0.05) is 18.2 Å². The van der Waals surface area contributed by atoms with Gasteiger partial charge >= 0.3 is 6.09 Å². The molecule has 3 N–H and O–H groups in total. The summed E-state index contributed by atoms with van der Waals surface area (Å²) in [7, 11) is 1.59. The normalized spacial score (nSPS) is 10.5. The van der Waals surface area contributed by atoms with Gasteiger partial charge in [0.1, 0.15) is 24.7 Å². The Labute approximate surface area is 178 Å². The molecular formula is C22H21N5O4. The molecule has 31 heavy (non-hydrogen) atoms. The van der Waals surface area contributed by atoms with Gasteiger partial charge in [0.2, 0.25) is 0 Å². The molecule has 0 spiro atoms. The Bertz CT molecular complexity index is 1130. The van der Waals surface area contributed by atoms with E-state index in [1.165, 1.54) is 0 Å². The summed E-state index contributed by atoms with van der Waals surface area (Å²) in [4.78, 5) is 19.4. The lowest BCUT2D eigenvalue weighted by molar-refractivity contribution is 0.155. The molecule has 0 fully saturated rings. The Hall–Kier alpha value is -4.27. The molecule has 0 unspecified atom stereocenters. The number of methoxy groups -OCH3 is 1. The highest BCUT2D eigenvalue weighted by molar-refractivity contribution is 5.87. The number of rotatable bonds is 8. The molecule has 2 aromatic heterocycles. The van der Waals surface area contributed by atoms with E-state index >= 15 is 0 Å². The number of carbonyl (C=O) groups is 1. The van der Waals surface area contributed by atoms with Gasteiger partial charge in [0.25, 0.3) is 0 Å². The third-order valence-electron chi connectivity index (χ3n) is 4.49. The van der Waals surface area contributed by atoms with Gasteiger partial charge in [-0.25, -0.2) is 9.78 Å². The number of aromatic nitrogens is 4. The van der Waals surface area contributed by atoms with E-state index in [1.807, 2.05) is 36.4 Å². The van der Waals surface area contributed by atoms with Gasteiger partial charge in [0.15, 0.2) is 0 Å². The van der Waals surface area contributed by atoms with Crippen LogP contribution in [-0.4, -0.2) is 33.4 Å². The van der Waals surface area contributed by atoms with Crippen LogP contribution in [0.3, 0.4) is 0 Å². The number of hydrogen-bond donors (Lipinski definition) is 3. The molecule has 0 saturated carbocycles. The summed E-state index contributed by atoms with van der Waals surface area (Å²) < 4.78 is 16.5. The molecule has 0 aliphatic carbocycles. The number of benzene rings is 2. The van der Waals surface area contributed by atoms with Crippen molar-refractivity contribution in [3.63, 3.8) is 0 Å². The number of aromatic amines is 2. The number of carbonyl (C=O) groups excluding carboxylic acids is 1. The molecule has 0 aliphatic rings. The van der Waals surface area contributed by atoms with Gasteiger partial charge in [-0.2, -0.15) is 5.10 Å². The molecule has 4 rings (SSSR count). The summed E-state index contributed by atoms with van der Waals surface area (Å²) in [5.41, 5.74) is 3.91. The Morgan fingerprint density at radius 1 is 1.10 bits per heavy atom. The zero-order valence-electron chi connectivity index (χ0n) is 16.8. The maximum atomic E-state index is 12.4. The lowest BCUT2D eigenvalue weighted by Gasteiger charge is -2.14. The van der Waals surface area contributed by atoms with E-state index in [4.69, 9.17) is 14.2 Å². The Balaban J connectivity index is 1.46. The minimum absolute atomic E-state index is 0.112. The monoisotopic (exact) mass is 419 g/mol. The molecule has 9 heteroatoms. The summed E-state index contributed by atoms with van der Waals surface area (Å²) in [6.45, 7) is 0.378. The number of imidazole rings is 1. The standard InChI is InChI=1S/C22H21N5O4/c1-29-19-4-2-3-15(7-19)12-31-22(28)27-20-6-5-16(17-9-25-26-10-17)8-21(20)30-13-18-11-23-14-24-18/h2-11,14H,12-13H2,1H3,(H,23,24)(H,25,26)(H,27,28). The summed E-state index contributed by atoms with van der Waals surface area (Å²) in [6.07, 6.45) is 6.16. The van der Waals surface area contributed by atoms with Crippen LogP contribution in [0.15, 0.2) is 67.4 Å². The second kappa shape index (κ2) is 9.49. The molecule has 158 valence electrons. The van der Waals surface area contributed by atoms with E-state index in [-0.39, 0.29) is 13.2 Å². The van der Waals surface area contributed by atoms with Crippen molar-refractivity contribution < 1.29 is 19.0 Å². The molecule has 0 atom stereocenters. The second-order valence-electron chi connectivity index (χ2n) is 6.62. The van der Waals surface area contributed by atoms with Gasteiger partial charge in [-0.05, 0) is 35.4 Å². The topological polar surface area (TPSA) is 114 Å². The van der Waals surface area contributed by atoms with Gasteiger partial charge in [-0.3, -0.25) is 10.4 Å². The van der Waals surface area contributed by atoms with Crippen LogP contribution in [-0.2, 0) is 18.0 Å². The number of nitrogens with one attached hydrogen (secondary N) is 3. The van der Waals surface area contributed by atoms with Crippen molar-refractivity contribution in [1.29, 1.82) is 0 Å². The zero-order chi connectivity index (χ0) is 21.5. The first-order chi connectivity index (χ1) is 15.2. The number of nitrogens with zero attached hydrogens (tertiary/aromatic N) is 2. The Morgan fingerprint density at radius 2 is 2.03 bits per heavy atom. The van der Waals surface area contributed by atoms with Gasteiger partial charge in [0, 0.05) is 11.8 Å². The third-order valence-corrected chi connectivity index (χ3v) is 4.49. The molecule has 0 aliphatic heterocycles. The molecule has 0 radical (unpaired) electrons. The fourth-order valence-corrected chi connectivity index (χ4v) is 2.91. The molecule has 1 amide bonds. The van der Waals surface area contributed by atoms with Crippen molar-refractivity contribution in [2.24, 2.45) is 0 Å². The Morgan fingerprint density at radius 3 is 2.81 bits per heavy atom. The average molecular weight is 419 g/mol. The fourth-order valence-electron chi connectivity index (χ4n) is 2.91. The van der Waals surface area contributed by atoms with E-state index in [2.05, 4.69) is 25.5 Å². The van der Waals surface area contributed by atoms with Crippen molar-refractivity contribution >= 4 is 11.8 Å². The molecule has 4 aromatic rings. The maximum absolute atomic E-state index is 12.4. The van der Waals surface area contributed by atoms with Crippen molar-refractivity contribution in [3.8, 4) is 22.6 Å². The first-order valence-corrected chi connectivity index (χ1v) is 9.51. The molecule has 2 heterocycles. The second-order valence-corrected chi connectivity index (χ2v) is 6.62. The van der Waals surface area contributed by atoms with E-state index in [9.17, 15) is 4.79 Å². The van der Waals surface area contributed by atoms with Crippen LogP contribution in [0.1, 0.15) is 11.3 Å². The highest BCUT2D eigenvalue weighted by atomic mass is 16.5. The van der Waals surface area contributed by atoms with Crippen LogP contribution in [0.2, 0.25) is 0 Å². The molecule has 0 saturated heterocycles. The van der Waals surface area contributed by atoms with Gasteiger partial charge < -0.3 is 19.2 Å². The van der Waals surface area contributed by atoms with E-state index in [0.29, 0.717) is 17.2 Å². The summed E-state index contributed by atoms with van der Waals surface area (Å²) >= 11 is 0. The SMILES string of the molecule is COc1cccc(COC(=O)Nc2ccc(-c3cn[nH]c3)cc2OCc2cnc[nH]2)c1. The van der Waals surface area contributed by atoms with Gasteiger partial charge in [0.05, 0.1) is 37.2 Å². The van der Waals surface area contributed by atoms with Crippen molar-refractivity contribution in [2.45, 2.75) is 13.2 Å². The van der Waals surface area contributed by atoms with Crippen LogP contribution in [0.4, 0.5) is 10.5 Å². The third kappa shape index (κ3) is 5.21. The summed E-state index contributed by atoms with van der Waals surface area (Å²) in [6, 6.07) is 12.8. The maximum Gasteiger partial charge on any atom is 0.412 e. The number of ether oxygens (including phenoxy) is 3. The van der Waals surface area contributed by atoms with Crippen molar-refractivity contribution in [3.05, 3.63) is 78.6 Å². The highest BCUT2D eigenvalue weighted by Gasteiger charge is 2.12. The minimum Gasteiger partial charge on any atom is -0.497 e. The van der Waals surface area contributed by atoms with E-state index in [0.717, 1.165) is 22.4 Å². The quantitative estimate of drug-likeness (QED) is 0.396. The highest BCUT2D eigenvalue weighted by Crippen LogP contribution is 2.31. The van der Waals surface area contributed by atoms with E-state index < -0.39 is 6.09 Å². The minimum atomic E-state index is -0.592. The van der Waals surface area contributed by atoms with Crippen LogP contribution in [0.5, 0.6) is 11.5 Å². The van der Waals surface area contributed by atoms with Gasteiger partial charge in [-0.15, -0.1) is 0 Å². The van der Waals surface area contributed by atoms with Crippen LogP contribution in [0, 0.1) is 0 Å². The number of amides is 1. The smallest absolute Gasteiger partial charge is 0.412 e. The van der Waals surface area contributed by atoms with E-state index in [1.54, 1.807) is 38.1 Å². The van der Waals surface area contributed by atoms with Crippen molar-refractivity contribution in [1.82, 2.24) is 20.2 Å². The van der Waals surface area contributed by atoms with Crippen LogP contribution >= 0.6 is 0 Å². The lowest BCUT2D eigenvalue weighted by atomic mass is 10.1. The zero-order valence-corrected chi connectivity index (χ0v) is 16.8.